The second-order valence-electron chi connectivity index (χ2n) is 5.44. The normalized spacial score (nSPS) is 21.8. The minimum Gasteiger partial charge on any atom is -0.481 e. The van der Waals surface area contributed by atoms with Gasteiger partial charge in [0.1, 0.15) is 6.73 Å². The second-order valence-corrected chi connectivity index (χ2v) is 5.44. The van der Waals surface area contributed by atoms with Gasteiger partial charge in [0, 0.05) is 12.2 Å². The van der Waals surface area contributed by atoms with Crippen molar-refractivity contribution in [2.45, 2.75) is 31.1 Å². The number of benzene rings is 1. The standard InChI is InChI=1S/C15H19NO3/c17-14(18)15(7-1-2-8-15)12-3-5-13(6-4-12)16-9-10-19-11-16/h3-6H,1-2,7-11H2,(H,17,18). The molecule has 1 saturated heterocycles. The summed E-state index contributed by atoms with van der Waals surface area (Å²) in [5.74, 6) is -0.678. The first-order valence-corrected chi connectivity index (χ1v) is 6.89. The van der Waals surface area contributed by atoms with Gasteiger partial charge in [0.15, 0.2) is 0 Å². The summed E-state index contributed by atoms with van der Waals surface area (Å²) in [6, 6.07) is 8.00. The molecule has 19 heavy (non-hydrogen) atoms. The van der Waals surface area contributed by atoms with Gasteiger partial charge in [-0.2, -0.15) is 0 Å². The Balaban J connectivity index is 1.86. The molecule has 2 fully saturated rings. The maximum absolute atomic E-state index is 11.6. The Morgan fingerprint density at radius 1 is 1.21 bits per heavy atom. The molecule has 3 rings (SSSR count). The van der Waals surface area contributed by atoms with E-state index in [4.69, 9.17) is 4.74 Å². The van der Waals surface area contributed by atoms with E-state index in [2.05, 4.69) is 4.90 Å². The zero-order valence-electron chi connectivity index (χ0n) is 11.0. The Morgan fingerprint density at radius 2 is 1.89 bits per heavy atom. The van der Waals surface area contributed by atoms with Crippen LogP contribution in [0.25, 0.3) is 0 Å². The summed E-state index contributed by atoms with van der Waals surface area (Å²) in [5, 5.41) is 9.57. The molecule has 1 aromatic rings. The van der Waals surface area contributed by atoms with Crippen molar-refractivity contribution in [1.82, 2.24) is 0 Å². The molecule has 0 spiro atoms. The number of hydrogen-bond acceptors (Lipinski definition) is 3. The molecular weight excluding hydrogens is 242 g/mol. The number of anilines is 1. The summed E-state index contributed by atoms with van der Waals surface area (Å²) in [6.07, 6.45) is 3.53. The van der Waals surface area contributed by atoms with Crippen molar-refractivity contribution < 1.29 is 14.6 Å². The molecule has 1 saturated carbocycles. The van der Waals surface area contributed by atoms with E-state index in [0.717, 1.165) is 50.1 Å². The molecule has 4 nitrogen and oxygen atoms in total. The summed E-state index contributed by atoms with van der Waals surface area (Å²) in [7, 11) is 0. The first kappa shape index (κ1) is 12.5. The lowest BCUT2D eigenvalue weighted by atomic mass is 9.79. The maximum Gasteiger partial charge on any atom is 0.314 e. The van der Waals surface area contributed by atoms with Crippen molar-refractivity contribution >= 4 is 11.7 Å². The number of nitrogens with zero attached hydrogens (tertiary/aromatic N) is 1. The molecule has 0 bridgehead atoms. The smallest absolute Gasteiger partial charge is 0.314 e. The average Bonchev–Trinajstić information content (AvgIpc) is 3.11. The van der Waals surface area contributed by atoms with Crippen molar-refractivity contribution in [2.75, 3.05) is 24.8 Å². The number of ether oxygens (including phenoxy) is 1. The quantitative estimate of drug-likeness (QED) is 0.907. The van der Waals surface area contributed by atoms with Crippen molar-refractivity contribution in [3.05, 3.63) is 29.8 Å². The number of carboxylic acids is 1. The molecule has 2 aliphatic rings. The van der Waals surface area contributed by atoms with Gasteiger partial charge in [0.2, 0.25) is 0 Å². The minimum atomic E-state index is -0.678. The van der Waals surface area contributed by atoms with Crippen molar-refractivity contribution in [3.63, 3.8) is 0 Å². The third-order valence-electron chi connectivity index (χ3n) is 4.40. The fraction of sp³-hybridized carbons (Fsp3) is 0.533. The van der Waals surface area contributed by atoms with Crippen molar-refractivity contribution in [1.29, 1.82) is 0 Å². The Bertz CT molecular complexity index is 457. The monoisotopic (exact) mass is 261 g/mol. The summed E-state index contributed by atoms with van der Waals surface area (Å²) in [5.41, 5.74) is 1.40. The highest BCUT2D eigenvalue weighted by Gasteiger charge is 2.42. The van der Waals surface area contributed by atoms with E-state index in [1.165, 1.54) is 0 Å². The van der Waals surface area contributed by atoms with Crippen LogP contribution in [0.4, 0.5) is 5.69 Å². The molecule has 1 heterocycles. The van der Waals surface area contributed by atoms with E-state index in [1.807, 2.05) is 24.3 Å². The van der Waals surface area contributed by atoms with Crippen LogP contribution in [-0.2, 0) is 14.9 Å². The van der Waals surface area contributed by atoms with Gasteiger partial charge in [-0.3, -0.25) is 4.79 Å². The molecule has 0 atom stereocenters. The molecule has 1 aromatic carbocycles. The molecule has 1 aliphatic carbocycles. The highest BCUT2D eigenvalue weighted by molar-refractivity contribution is 5.82. The van der Waals surface area contributed by atoms with Gasteiger partial charge in [-0.1, -0.05) is 25.0 Å². The van der Waals surface area contributed by atoms with Crippen LogP contribution in [0.2, 0.25) is 0 Å². The van der Waals surface area contributed by atoms with Crippen LogP contribution in [0.3, 0.4) is 0 Å². The van der Waals surface area contributed by atoms with E-state index >= 15 is 0 Å². The van der Waals surface area contributed by atoms with Gasteiger partial charge in [0.25, 0.3) is 0 Å². The van der Waals surface area contributed by atoms with Gasteiger partial charge >= 0.3 is 5.97 Å². The lowest BCUT2D eigenvalue weighted by Gasteiger charge is -2.25. The molecule has 4 heteroatoms. The van der Waals surface area contributed by atoms with E-state index in [1.54, 1.807) is 0 Å². The van der Waals surface area contributed by atoms with Crippen LogP contribution < -0.4 is 4.90 Å². The zero-order chi connectivity index (χ0) is 13.3. The summed E-state index contributed by atoms with van der Waals surface area (Å²) in [6.45, 7) is 2.30. The van der Waals surface area contributed by atoms with Crippen LogP contribution >= 0.6 is 0 Å². The van der Waals surface area contributed by atoms with E-state index in [9.17, 15) is 9.90 Å². The number of hydrogen-bond donors (Lipinski definition) is 1. The van der Waals surface area contributed by atoms with Crippen molar-refractivity contribution in [2.24, 2.45) is 0 Å². The first-order chi connectivity index (χ1) is 9.22. The molecule has 0 amide bonds. The van der Waals surface area contributed by atoms with Gasteiger partial charge < -0.3 is 14.7 Å². The van der Waals surface area contributed by atoms with Gasteiger partial charge in [0.05, 0.1) is 12.0 Å². The van der Waals surface area contributed by atoms with Gasteiger partial charge in [-0.05, 0) is 30.5 Å². The topological polar surface area (TPSA) is 49.8 Å². The predicted molar refractivity (Wildman–Crippen MR) is 72.4 cm³/mol. The lowest BCUT2D eigenvalue weighted by molar-refractivity contribution is -0.143. The van der Waals surface area contributed by atoms with Gasteiger partial charge in [-0.15, -0.1) is 0 Å². The molecule has 1 N–H and O–H groups in total. The van der Waals surface area contributed by atoms with E-state index in [0.29, 0.717) is 6.73 Å². The molecule has 0 radical (unpaired) electrons. The lowest BCUT2D eigenvalue weighted by Crippen LogP contribution is -2.32. The predicted octanol–water partition coefficient (Wildman–Crippen LogP) is 2.38. The highest BCUT2D eigenvalue weighted by Crippen LogP contribution is 2.41. The largest absolute Gasteiger partial charge is 0.481 e. The maximum atomic E-state index is 11.6. The van der Waals surface area contributed by atoms with E-state index in [-0.39, 0.29) is 0 Å². The summed E-state index contributed by atoms with van der Waals surface area (Å²) < 4.78 is 5.33. The van der Waals surface area contributed by atoms with E-state index < -0.39 is 11.4 Å². The molecule has 102 valence electrons. The van der Waals surface area contributed by atoms with Crippen LogP contribution in [-0.4, -0.2) is 31.0 Å². The second kappa shape index (κ2) is 4.85. The Morgan fingerprint density at radius 3 is 2.42 bits per heavy atom. The summed E-state index contributed by atoms with van der Waals surface area (Å²) >= 11 is 0. The minimum absolute atomic E-state index is 0.628. The van der Waals surface area contributed by atoms with Crippen molar-refractivity contribution in [3.8, 4) is 0 Å². The third kappa shape index (κ3) is 2.10. The molecule has 0 unspecified atom stereocenters. The van der Waals surface area contributed by atoms with Gasteiger partial charge in [-0.25, -0.2) is 0 Å². The van der Waals surface area contributed by atoms with Crippen LogP contribution in [0.1, 0.15) is 31.2 Å². The Hall–Kier alpha value is -1.55. The highest BCUT2D eigenvalue weighted by atomic mass is 16.5. The Labute approximate surface area is 113 Å². The fourth-order valence-corrected chi connectivity index (χ4v) is 3.21. The number of carboxylic acid groups (broad SMARTS) is 1. The molecule has 0 aromatic heterocycles. The van der Waals surface area contributed by atoms with Crippen LogP contribution in [0, 0.1) is 0 Å². The summed E-state index contributed by atoms with van der Waals surface area (Å²) in [4.78, 5) is 13.8. The first-order valence-electron chi connectivity index (χ1n) is 6.89. The average molecular weight is 261 g/mol. The fourth-order valence-electron chi connectivity index (χ4n) is 3.21. The number of aliphatic carboxylic acids is 1. The molecule has 1 aliphatic heterocycles. The van der Waals surface area contributed by atoms with Crippen LogP contribution in [0.15, 0.2) is 24.3 Å². The number of carbonyl (C=O) groups is 1. The Kier molecular flexibility index (Phi) is 3.19. The number of rotatable bonds is 3. The molecular formula is C15H19NO3. The SMILES string of the molecule is O=C(O)C1(c2ccc(N3CCOC3)cc2)CCCC1. The van der Waals surface area contributed by atoms with Crippen LogP contribution in [0.5, 0.6) is 0 Å². The third-order valence-corrected chi connectivity index (χ3v) is 4.40. The zero-order valence-corrected chi connectivity index (χ0v) is 11.0.